The van der Waals surface area contributed by atoms with Gasteiger partial charge in [0.05, 0.1) is 7.98 Å². The van der Waals surface area contributed by atoms with Gasteiger partial charge in [-0.05, 0) is 32.9 Å². The number of para-hydroxylation sites is 1. The first-order valence-electron chi connectivity index (χ1n) is 5.38. The van der Waals surface area contributed by atoms with Gasteiger partial charge in [0.25, 0.3) is 0 Å². The standard InChI is InChI=1S/C12H16O3/c1-4-14-11(13)12(2,3)15-10-8-6-5-7-9-10/h5-9H,4H2,1-3H3/i5D. The van der Waals surface area contributed by atoms with Crippen LogP contribution in [0, 0.1) is 0 Å². The van der Waals surface area contributed by atoms with Crippen LogP contribution in [0.15, 0.2) is 30.3 Å². The first-order valence-corrected chi connectivity index (χ1v) is 4.88. The summed E-state index contributed by atoms with van der Waals surface area (Å²) < 4.78 is 17.7. The topological polar surface area (TPSA) is 35.5 Å². The summed E-state index contributed by atoms with van der Waals surface area (Å²) in [7, 11) is 0. The highest BCUT2D eigenvalue weighted by Crippen LogP contribution is 2.18. The van der Waals surface area contributed by atoms with Crippen molar-refractivity contribution in [1.29, 1.82) is 0 Å². The van der Waals surface area contributed by atoms with Gasteiger partial charge >= 0.3 is 5.97 Å². The van der Waals surface area contributed by atoms with Gasteiger partial charge in [0.15, 0.2) is 5.60 Å². The minimum absolute atomic E-state index is 0.331. The van der Waals surface area contributed by atoms with E-state index in [9.17, 15) is 4.79 Å². The van der Waals surface area contributed by atoms with Crippen LogP contribution in [-0.2, 0) is 9.53 Å². The molecule has 1 aromatic carbocycles. The summed E-state index contributed by atoms with van der Waals surface area (Å²) in [5.74, 6) is 0.152. The zero-order chi connectivity index (χ0) is 12.2. The third kappa shape index (κ3) is 3.27. The summed E-state index contributed by atoms with van der Waals surface area (Å²) in [4.78, 5) is 11.6. The van der Waals surface area contributed by atoms with Crippen molar-refractivity contribution in [2.75, 3.05) is 6.61 Å². The zero-order valence-corrected chi connectivity index (χ0v) is 9.24. The maximum atomic E-state index is 11.6. The summed E-state index contributed by atoms with van der Waals surface area (Å²) in [6.45, 7) is 5.39. The van der Waals surface area contributed by atoms with Crippen molar-refractivity contribution < 1.29 is 15.6 Å². The number of hydrogen-bond donors (Lipinski definition) is 0. The van der Waals surface area contributed by atoms with Crippen LogP contribution in [0.4, 0.5) is 0 Å². The van der Waals surface area contributed by atoms with E-state index in [4.69, 9.17) is 10.8 Å². The molecule has 0 radical (unpaired) electrons. The molecule has 0 fully saturated rings. The molecular formula is C12H16O3. The van der Waals surface area contributed by atoms with Crippen molar-refractivity contribution in [3.63, 3.8) is 0 Å². The number of benzene rings is 1. The second-order valence-electron chi connectivity index (χ2n) is 3.57. The molecule has 15 heavy (non-hydrogen) atoms. The lowest BCUT2D eigenvalue weighted by Gasteiger charge is -2.23. The number of esters is 1. The fourth-order valence-corrected chi connectivity index (χ4v) is 1.08. The highest BCUT2D eigenvalue weighted by molar-refractivity contribution is 5.79. The molecule has 0 heterocycles. The van der Waals surface area contributed by atoms with Crippen LogP contribution in [-0.4, -0.2) is 18.2 Å². The molecule has 0 amide bonds. The molecule has 0 aliphatic carbocycles. The molecular weight excluding hydrogens is 192 g/mol. The number of hydrogen-bond acceptors (Lipinski definition) is 3. The minimum atomic E-state index is -1.01. The van der Waals surface area contributed by atoms with E-state index in [0.717, 1.165) is 0 Å². The SMILES string of the molecule is [2H]c1ccc(OC(C)(C)C(=O)OCC)cc1. The lowest BCUT2D eigenvalue weighted by Crippen LogP contribution is -2.39. The molecule has 0 aromatic heterocycles. The Morgan fingerprint density at radius 3 is 2.60 bits per heavy atom. The van der Waals surface area contributed by atoms with Gasteiger partial charge in [-0.25, -0.2) is 4.79 Å². The van der Waals surface area contributed by atoms with E-state index in [1.807, 2.05) is 0 Å². The second-order valence-corrected chi connectivity index (χ2v) is 3.57. The van der Waals surface area contributed by atoms with E-state index < -0.39 is 11.6 Å². The molecule has 1 aromatic rings. The van der Waals surface area contributed by atoms with Crippen LogP contribution in [0.25, 0.3) is 0 Å². The van der Waals surface area contributed by atoms with Crippen molar-refractivity contribution >= 4 is 5.97 Å². The first kappa shape index (κ1) is 10.0. The highest BCUT2D eigenvalue weighted by Gasteiger charge is 2.31. The van der Waals surface area contributed by atoms with E-state index in [1.165, 1.54) is 0 Å². The molecule has 0 saturated carbocycles. The Balaban J connectivity index is 2.72. The van der Waals surface area contributed by atoms with Crippen molar-refractivity contribution in [3.05, 3.63) is 30.3 Å². The number of ether oxygens (including phenoxy) is 2. The average Bonchev–Trinajstić information content (AvgIpc) is 2.21. The zero-order valence-electron chi connectivity index (χ0n) is 10.2. The fraction of sp³-hybridized carbons (Fsp3) is 0.417. The molecule has 82 valence electrons. The first-order chi connectivity index (χ1) is 7.45. The molecule has 3 heteroatoms. The molecule has 0 N–H and O–H groups in total. The molecule has 0 spiro atoms. The largest absolute Gasteiger partial charge is 0.476 e. The van der Waals surface area contributed by atoms with Gasteiger partial charge in [-0.3, -0.25) is 0 Å². The summed E-state index contributed by atoms with van der Waals surface area (Å²) in [5.41, 5.74) is -1.01. The lowest BCUT2D eigenvalue weighted by atomic mass is 10.1. The quantitative estimate of drug-likeness (QED) is 0.714. The Kier molecular flexibility index (Phi) is 3.22. The Hall–Kier alpha value is -1.51. The number of rotatable bonds is 4. The Morgan fingerprint density at radius 1 is 1.47 bits per heavy atom. The third-order valence-electron chi connectivity index (χ3n) is 1.83. The minimum Gasteiger partial charge on any atom is -0.476 e. The van der Waals surface area contributed by atoms with Gasteiger partial charge in [-0.2, -0.15) is 0 Å². The van der Waals surface area contributed by atoms with Gasteiger partial charge < -0.3 is 9.47 Å². The monoisotopic (exact) mass is 209 g/mol. The van der Waals surface area contributed by atoms with Gasteiger partial charge in [-0.1, -0.05) is 18.2 Å². The van der Waals surface area contributed by atoms with Crippen molar-refractivity contribution in [2.24, 2.45) is 0 Å². The van der Waals surface area contributed by atoms with Crippen molar-refractivity contribution in [3.8, 4) is 5.75 Å². The molecule has 0 saturated heterocycles. The highest BCUT2D eigenvalue weighted by atomic mass is 16.6. The van der Waals surface area contributed by atoms with Gasteiger partial charge in [0.2, 0.25) is 0 Å². The summed E-state index contributed by atoms with van der Waals surface area (Å²) in [6, 6.07) is 6.93. The Labute approximate surface area is 91.4 Å². The van der Waals surface area contributed by atoms with Gasteiger partial charge in [0.1, 0.15) is 5.75 Å². The fourth-order valence-electron chi connectivity index (χ4n) is 1.08. The summed E-state index contributed by atoms with van der Waals surface area (Å²) >= 11 is 0. The third-order valence-corrected chi connectivity index (χ3v) is 1.83. The van der Waals surface area contributed by atoms with Crippen LogP contribution in [0.2, 0.25) is 0 Å². The van der Waals surface area contributed by atoms with E-state index in [-0.39, 0.29) is 0 Å². The average molecular weight is 209 g/mol. The van der Waals surface area contributed by atoms with Crippen LogP contribution < -0.4 is 4.74 Å². The molecule has 1 rings (SSSR count). The van der Waals surface area contributed by atoms with Crippen LogP contribution in [0.5, 0.6) is 5.75 Å². The number of carbonyl (C=O) groups is 1. The second kappa shape index (κ2) is 4.82. The smallest absolute Gasteiger partial charge is 0.349 e. The molecule has 0 aliphatic heterocycles. The van der Waals surface area contributed by atoms with Gasteiger partial charge in [-0.15, -0.1) is 0 Å². The number of carbonyl (C=O) groups excluding carboxylic acids is 1. The maximum Gasteiger partial charge on any atom is 0.349 e. The normalized spacial score (nSPS) is 11.8. The Bertz CT molecular complexity index is 357. The van der Waals surface area contributed by atoms with Gasteiger partial charge in [0, 0.05) is 0 Å². The van der Waals surface area contributed by atoms with Crippen molar-refractivity contribution in [2.45, 2.75) is 26.4 Å². The lowest BCUT2D eigenvalue weighted by molar-refractivity contribution is -0.158. The van der Waals surface area contributed by atoms with E-state index in [2.05, 4.69) is 0 Å². The van der Waals surface area contributed by atoms with Crippen LogP contribution in [0.1, 0.15) is 22.1 Å². The molecule has 0 unspecified atom stereocenters. The van der Waals surface area contributed by atoms with E-state index >= 15 is 0 Å². The summed E-state index contributed by atoms with van der Waals surface area (Å²) in [6.07, 6.45) is 0. The van der Waals surface area contributed by atoms with Crippen LogP contribution in [0.3, 0.4) is 0 Å². The summed E-state index contributed by atoms with van der Waals surface area (Å²) in [5, 5.41) is 0. The van der Waals surface area contributed by atoms with Crippen molar-refractivity contribution in [1.82, 2.24) is 0 Å². The molecule has 0 atom stereocenters. The molecule has 0 aliphatic rings. The van der Waals surface area contributed by atoms with E-state index in [0.29, 0.717) is 18.4 Å². The van der Waals surface area contributed by atoms with Crippen LogP contribution >= 0.6 is 0 Å². The predicted octanol–water partition coefficient (Wildman–Crippen LogP) is 2.41. The predicted molar refractivity (Wildman–Crippen MR) is 57.8 cm³/mol. The molecule has 0 bridgehead atoms. The molecule has 3 nitrogen and oxygen atoms in total. The van der Waals surface area contributed by atoms with E-state index in [1.54, 1.807) is 45.0 Å². The Morgan fingerprint density at radius 2 is 2.07 bits per heavy atom. The maximum absolute atomic E-state index is 11.6.